The zero-order valence-corrected chi connectivity index (χ0v) is 17.8. The summed E-state index contributed by atoms with van der Waals surface area (Å²) in [7, 11) is -3.94. The normalized spacial score (nSPS) is 29.8. The second kappa shape index (κ2) is 6.60. The van der Waals surface area contributed by atoms with Crippen LogP contribution in [0.5, 0.6) is 0 Å². The highest BCUT2D eigenvalue weighted by molar-refractivity contribution is 7.89. The van der Waals surface area contributed by atoms with Crippen LogP contribution in [0.3, 0.4) is 0 Å². The molecule has 4 fully saturated rings. The molecule has 0 unspecified atom stereocenters. The monoisotopic (exact) mass is 446 g/mol. The van der Waals surface area contributed by atoms with E-state index in [1.54, 1.807) is 0 Å². The Labute approximate surface area is 173 Å². The maximum atomic E-state index is 13.2. The average molecular weight is 446 g/mol. The zero-order chi connectivity index (χ0) is 21.5. The van der Waals surface area contributed by atoms with Gasteiger partial charge in [-0.3, -0.25) is 4.90 Å². The Bertz CT molecular complexity index is 935. The summed E-state index contributed by atoms with van der Waals surface area (Å²) in [5.41, 5.74) is 0.0852. The summed E-state index contributed by atoms with van der Waals surface area (Å²) in [6, 6.07) is 0.567. The Morgan fingerprint density at radius 1 is 1.00 bits per heavy atom. The van der Waals surface area contributed by atoms with Crippen molar-refractivity contribution in [2.75, 3.05) is 39.4 Å². The van der Waals surface area contributed by atoms with Crippen LogP contribution in [0.4, 0.5) is 13.2 Å². The van der Waals surface area contributed by atoms with Crippen LogP contribution in [0.15, 0.2) is 4.90 Å². The molecule has 1 saturated carbocycles. The fourth-order valence-corrected chi connectivity index (χ4v) is 7.51. The lowest BCUT2D eigenvalue weighted by molar-refractivity contribution is -0.183. The van der Waals surface area contributed by atoms with Gasteiger partial charge in [-0.15, -0.1) is 0 Å². The molecule has 2 atom stereocenters. The fraction of sp³-hybridized carbons (Fsp3) is 0.789. The van der Waals surface area contributed by atoms with Gasteiger partial charge in [-0.05, 0) is 38.5 Å². The molecule has 4 heterocycles. The Balaban J connectivity index is 1.29. The lowest BCUT2D eigenvalue weighted by atomic mass is 9.63. The van der Waals surface area contributed by atoms with E-state index in [4.69, 9.17) is 4.74 Å². The molecule has 1 aromatic heterocycles. The van der Waals surface area contributed by atoms with Crippen molar-refractivity contribution in [1.29, 1.82) is 0 Å². The summed E-state index contributed by atoms with van der Waals surface area (Å²) in [5.74, 6) is -0.796. The van der Waals surface area contributed by atoms with Crippen molar-refractivity contribution in [2.24, 2.45) is 17.3 Å². The van der Waals surface area contributed by atoms with Crippen molar-refractivity contribution in [3.63, 3.8) is 0 Å². The first-order chi connectivity index (χ1) is 14.0. The number of fused-ring (bicyclic) bond motifs is 1. The standard InChI is InChI=1S/C19H25F3N4O3S/c1-11-16(12(2)24-17(23-11)19(20,21)22)30(27,28)26-7-13-5-25(6-14(13)8-26)15-3-18(4-15)9-29-10-18/h13-15H,3-10H2,1-2H3/t13-,14-/m0/s1. The molecule has 7 nitrogen and oxygen atoms in total. The lowest BCUT2D eigenvalue weighted by Gasteiger charge is -2.55. The van der Waals surface area contributed by atoms with Gasteiger partial charge < -0.3 is 4.74 Å². The quantitative estimate of drug-likeness (QED) is 0.706. The second-order valence-corrected chi connectivity index (χ2v) is 11.3. The number of hydrogen-bond acceptors (Lipinski definition) is 6. The molecule has 1 aliphatic carbocycles. The molecule has 30 heavy (non-hydrogen) atoms. The van der Waals surface area contributed by atoms with Gasteiger partial charge in [-0.1, -0.05) is 0 Å². The minimum absolute atomic E-state index is 0.156. The molecular weight excluding hydrogens is 421 g/mol. The van der Waals surface area contributed by atoms with Crippen molar-refractivity contribution in [2.45, 2.75) is 43.8 Å². The highest BCUT2D eigenvalue weighted by Gasteiger charge is 2.54. The number of sulfonamides is 1. The SMILES string of the molecule is Cc1nc(C(F)(F)F)nc(C)c1S(=O)(=O)N1C[C@@H]2CN(C3CC4(COC4)C3)C[C@H]2C1. The number of alkyl halides is 3. The van der Waals surface area contributed by atoms with Gasteiger partial charge in [0.25, 0.3) is 0 Å². The molecule has 4 aliphatic rings. The van der Waals surface area contributed by atoms with Gasteiger partial charge in [0.2, 0.25) is 15.8 Å². The summed E-state index contributed by atoms with van der Waals surface area (Å²) in [4.78, 5) is 9.16. The summed E-state index contributed by atoms with van der Waals surface area (Å²) in [5, 5.41) is 0. The summed E-state index contributed by atoms with van der Waals surface area (Å²) >= 11 is 0. The minimum atomic E-state index is -4.71. The first-order valence-electron chi connectivity index (χ1n) is 10.2. The van der Waals surface area contributed by atoms with Crippen molar-refractivity contribution in [3.8, 4) is 0 Å². The molecule has 3 aliphatic heterocycles. The molecule has 1 aromatic rings. The molecule has 1 spiro atoms. The van der Waals surface area contributed by atoms with Crippen molar-refractivity contribution >= 4 is 10.0 Å². The van der Waals surface area contributed by atoms with Crippen LogP contribution in [0.25, 0.3) is 0 Å². The Hall–Kier alpha value is -1.30. The molecular formula is C19H25F3N4O3S. The smallest absolute Gasteiger partial charge is 0.380 e. The van der Waals surface area contributed by atoms with E-state index >= 15 is 0 Å². The second-order valence-electron chi connectivity index (χ2n) is 9.40. The van der Waals surface area contributed by atoms with E-state index in [-0.39, 0.29) is 28.1 Å². The first kappa shape index (κ1) is 20.6. The van der Waals surface area contributed by atoms with Crippen molar-refractivity contribution in [1.82, 2.24) is 19.2 Å². The Kier molecular flexibility index (Phi) is 4.53. The number of aryl methyl sites for hydroxylation is 2. The number of hydrogen-bond donors (Lipinski definition) is 0. The van der Waals surface area contributed by atoms with Crippen LogP contribution < -0.4 is 0 Å². The van der Waals surface area contributed by atoms with Crippen LogP contribution in [0, 0.1) is 31.1 Å². The summed E-state index contributed by atoms with van der Waals surface area (Å²) < 4.78 is 72.0. The van der Waals surface area contributed by atoms with Crippen molar-refractivity contribution < 1.29 is 26.3 Å². The van der Waals surface area contributed by atoms with Gasteiger partial charge in [0.05, 0.1) is 24.6 Å². The van der Waals surface area contributed by atoms with Gasteiger partial charge in [0, 0.05) is 37.6 Å². The van der Waals surface area contributed by atoms with E-state index in [2.05, 4.69) is 14.9 Å². The number of halogens is 3. The maximum Gasteiger partial charge on any atom is 0.451 e. The fourth-order valence-electron chi connectivity index (χ4n) is 5.64. The highest BCUT2D eigenvalue weighted by atomic mass is 32.2. The van der Waals surface area contributed by atoms with Gasteiger partial charge in [-0.25, -0.2) is 18.4 Å². The Morgan fingerprint density at radius 2 is 1.53 bits per heavy atom. The van der Waals surface area contributed by atoms with Crippen LogP contribution >= 0.6 is 0 Å². The van der Waals surface area contributed by atoms with E-state index in [9.17, 15) is 21.6 Å². The van der Waals surface area contributed by atoms with Crippen LogP contribution in [0.2, 0.25) is 0 Å². The van der Waals surface area contributed by atoms with Gasteiger partial charge in [-0.2, -0.15) is 17.5 Å². The molecule has 0 aromatic carbocycles. The average Bonchev–Trinajstić information content (AvgIpc) is 3.09. The molecule has 0 N–H and O–H groups in total. The molecule has 0 amide bonds. The molecule has 166 valence electrons. The molecule has 11 heteroatoms. The van der Waals surface area contributed by atoms with Gasteiger partial charge in [0.1, 0.15) is 4.90 Å². The zero-order valence-electron chi connectivity index (χ0n) is 16.9. The topological polar surface area (TPSA) is 75.6 Å². The number of ether oxygens (including phenoxy) is 1. The predicted octanol–water partition coefficient (Wildman–Crippen LogP) is 1.84. The third kappa shape index (κ3) is 3.16. The molecule has 0 radical (unpaired) electrons. The molecule has 5 rings (SSSR count). The van der Waals surface area contributed by atoms with Crippen LogP contribution in [-0.4, -0.2) is 73.0 Å². The minimum Gasteiger partial charge on any atom is -0.380 e. The largest absolute Gasteiger partial charge is 0.451 e. The lowest BCUT2D eigenvalue weighted by Crippen LogP contribution is -2.59. The predicted molar refractivity (Wildman–Crippen MR) is 100 cm³/mol. The highest BCUT2D eigenvalue weighted by Crippen LogP contribution is 2.50. The van der Waals surface area contributed by atoms with E-state index in [1.165, 1.54) is 18.2 Å². The van der Waals surface area contributed by atoms with Crippen LogP contribution in [0.1, 0.15) is 30.1 Å². The van der Waals surface area contributed by atoms with Crippen LogP contribution in [-0.2, 0) is 20.9 Å². The number of nitrogens with zero attached hydrogens (tertiary/aromatic N) is 4. The summed E-state index contributed by atoms with van der Waals surface area (Å²) in [6.07, 6.45) is -2.39. The summed E-state index contributed by atoms with van der Waals surface area (Å²) in [6.45, 7) is 6.86. The third-order valence-corrected chi connectivity index (χ3v) is 9.29. The van der Waals surface area contributed by atoms with E-state index in [0.29, 0.717) is 24.5 Å². The van der Waals surface area contributed by atoms with Gasteiger partial charge in [0.15, 0.2) is 0 Å². The Morgan fingerprint density at radius 3 is 1.97 bits per heavy atom. The number of rotatable bonds is 3. The van der Waals surface area contributed by atoms with Gasteiger partial charge >= 0.3 is 6.18 Å². The van der Waals surface area contributed by atoms with E-state index in [0.717, 1.165) is 39.1 Å². The van der Waals surface area contributed by atoms with Crippen molar-refractivity contribution in [3.05, 3.63) is 17.2 Å². The first-order valence-corrected chi connectivity index (χ1v) is 11.7. The molecule has 3 saturated heterocycles. The number of aromatic nitrogens is 2. The van der Waals surface area contributed by atoms with E-state index in [1.807, 2.05) is 0 Å². The number of likely N-dealkylation sites (tertiary alicyclic amines) is 1. The third-order valence-electron chi connectivity index (χ3n) is 7.21. The van der Waals surface area contributed by atoms with E-state index < -0.39 is 22.0 Å². The molecule has 0 bridgehead atoms. The maximum absolute atomic E-state index is 13.2.